The van der Waals surface area contributed by atoms with E-state index in [2.05, 4.69) is 32.1 Å². The van der Waals surface area contributed by atoms with E-state index in [1.807, 2.05) is 6.07 Å². The van der Waals surface area contributed by atoms with Crippen LogP contribution in [0.3, 0.4) is 0 Å². The minimum Gasteiger partial charge on any atom is -0.379 e. The van der Waals surface area contributed by atoms with Crippen LogP contribution in [0, 0.1) is 10.1 Å². The molecule has 1 N–H and O–H groups in total. The number of hydrogen-bond donors (Lipinski definition) is 1. The number of piperidine rings is 1. The Bertz CT molecular complexity index is 698. The average Bonchev–Trinajstić information content (AvgIpc) is 2.63. The maximum Gasteiger partial charge on any atom is 0.363 e. The normalized spacial score (nSPS) is 15.3. The SMILES string of the molecule is CCc1cc(N2CCC(Nc3ccc([N+](=O)[O-])nc3)CC2)ncn1. The lowest BCUT2D eigenvalue weighted by atomic mass is 10.0. The molecule has 0 aliphatic carbocycles. The summed E-state index contributed by atoms with van der Waals surface area (Å²) in [4.78, 5) is 24.8. The standard InChI is InChI=1S/C16H20N6O2/c1-2-12-9-16(19-11-18-12)21-7-5-13(6-8-21)20-14-3-4-15(17-10-14)22(23)24/h3-4,9-11,13,20H,2,5-8H2,1H3. The van der Waals surface area contributed by atoms with Gasteiger partial charge in [0.1, 0.15) is 12.1 Å². The van der Waals surface area contributed by atoms with Gasteiger partial charge in [-0.2, -0.15) is 0 Å². The number of hydrogen-bond acceptors (Lipinski definition) is 7. The van der Waals surface area contributed by atoms with Crippen molar-refractivity contribution < 1.29 is 4.92 Å². The zero-order valence-electron chi connectivity index (χ0n) is 13.6. The van der Waals surface area contributed by atoms with Gasteiger partial charge in [-0.1, -0.05) is 6.92 Å². The number of pyridine rings is 1. The second-order valence-corrected chi connectivity index (χ2v) is 5.79. The lowest BCUT2D eigenvalue weighted by Crippen LogP contribution is -2.39. The van der Waals surface area contributed by atoms with Gasteiger partial charge in [0.25, 0.3) is 0 Å². The van der Waals surface area contributed by atoms with Crippen LogP contribution in [-0.2, 0) is 6.42 Å². The second-order valence-electron chi connectivity index (χ2n) is 5.79. The van der Waals surface area contributed by atoms with Crippen molar-refractivity contribution in [2.45, 2.75) is 32.2 Å². The van der Waals surface area contributed by atoms with E-state index in [1.165, 1.54) is 12.3 Å². The highest BCUT2D eigenvalue weighted by Crippen LogP contribution is 2.21. The Labute approximate surface area is 140 Å². The van der Waals surface area contributed by atoms with Gasteiger partial charge < -0.3 is 20.3 Å². The summed E-state index contributed by atoms with van der Waals surface area (Å²) < 4.78 is 0. The van der Waals surface area contributed by atoms with Crippen molar-refractivity contribution in [3.8, 4) is 0 Å². The smallest absolute Gasteiger partial charge is 0.363 e. The van der Waals surface area contributed by atoms with Crippen LogP contribution in [0.4, 0.5) is 17.3 Å². The fourth-order valence-corrected chi connectivity index (χ4v) is 2.82. The minimum absolute atomic E-state index is 0.133. The third-order valence-corrected chi connectivity index (χ3v) is 4.20. The van der Waals surface area contributed by atoms with Gasteiger partial charge in [0, 0.05) is 37.0 Å². The van der Waals surface area contributed by atoms with E-state index in [1.54, 1.807) is 12.4 Å². The number of nitrogens with one attached hydrogen (secondary N) is 1. The molecule has 126 valence electrons. The molecule has 8 heteroatoms. The van der Waals surface area contributed by atoms with Gasteiger partial charge in [-0.25, -0.2) is 9.97 Å². The van der Waals surface area contributed by atoms with Crippen molar-refractivity contribution in [1.82, 2.24) is 15.0 Å². The van der Waals surface area contributed by atoms with Crippen molar-refractivity contribution in [2.75, 3.05) is 23.3 Å². The predicted molar refractivity (Wildman–Crippen MR) is 91.2 cm³/mol. The molecule has 1 aliphatic rings. The van der Waals surface area contributed by atoms with E-state index < -0.39 is 4.92 Å². The van der Waals surface area contributed by atoms with Crippen LogP contribution in [0.2, 0.25) is 0 Å². The number of nitrogens with zero attached hydrogens (tertiary/aromatic N) is 5. The van der Waals surface area contributed by atoms with E-state index >= 15 is 0 Å². The fraction of sp³-hybridized carbons (Fsp3) is 0.438. The van der Waals surface area contributed by atoms with Crippen LogP contribution >= 0.6 is 0 Å². The van der Waals surface area contributed by atoms with E-state index in [9.17, 15) is 10.1 Å². The first-order valence-corrected chi connectivity index (χ1v) is 8.08. The molecule has 2 aromatic heterocycles. The summed E-state index contributed by atoms with van der Waals surface area (Å²) in [5.74, 6) is 0.850. The average molecular weight is 328 g/mol. The Morgan fingerprint density at radius 1 is 1.29 bits per heavy atom. The molecule has 2 aromatic rings. The van der Waals surface area contributed by atoms with Crippen LogP contribution < -0.4 is 10.2 Å². The molecule has 0 aromatic carbocycles. The Hall–Kier alpha value is -2.77. The highest BCUT2D eigenvalue weighted by molar-refractivity contribution is 5.45. The van der Waals surface area contributed by atoms with Crippen molar-refractivity contribution in [3.63, 3.8) is 0 Å². The zero-order valence-corrected chi connectivity index (χ0v) is 13.6. The molecule has 0 atom stereocenters. The topological polar surface area (TPSA) is 97.1 Å². The monoisotopic (exact) mass is 328 g/mol. The summed E-state index contributed by atoms with van der Waals surface area (Å²) >= 11 is 0. The summed E-state index contributed by atoms with van der Waals surface area (Å²) in [6, 6.07) is 5.51. The molecule has 1 saturated heterocycles. The molecule has 3 heterocycles. The summed E-state index contributed by atoms with van der Waals surface area (Å²) in [7, 11) is 0. The molecular formula is C16H20N6O2. The quantitative estimate of drug-likeness (QED) is 0.665. The Balaban J connectivity index is 1.55. The Morgan fingerprint density at radius 3 is 2.71 bits per heavy atom. The molecule has 0 unspecified atom stereocenters. The maximum absolute atomic E-state index is 10.6. The summed E-state index contributed by atoms with van der Waals surface area (Å²) in [5, 5.41) is 14.0. The van der Waals surface area contributed by atoms with Crippen LogP contribution in [0.5, 0.6) is 0 Å². The third-order valence-electron chi connectivity index (χ3n) is 4.20. The van der Waals surface area contributed by atoms with Crippen molar-refractivity contribution in [3.05, 3.63) is 46.5 Å². The minimum atomic E-state index is -0.492. The van der Waals surface area contributed by atoms with Gasteiger partial charge in [0.05, 0.1) is 5.69 Å². The van der Waals surface area contributed by atoms with Crippen LogP contribution in [0.25, 0.3) is 0 Å². The van der Waals surface area contributed by atoms with E-state index in [4.69, 9.17) is 0 Å². The van der Waals surface area contributed by atoms with Crippen LogP contribution in [0.15, 0.2) is 30.7 Å². The van der Waals surface area contributed by atoms with Crippen molar-refractivity contribution in [2.24, 2.45) is 0 Å². The van der Waals surface area contributed by atoms with Crippen LogP contribution in [-0.4, -0.2) is 39.0 Å². The second kappa shape index (κ2) is 7.20. The summed E-state index contributed by atoms with van der Waals surface area (Å²) in [6.07, 6.45) is 6.00. The van der Waals surface area contributed by atoms with Crippen LogP contribution in [0.1, 0.15) is 25.5 Å². The van der Waals surface area contributed by atoms with Gasteiger partial charge in [-0.15, -0.1) is 0 Å². The molecule has 1 aliphatic heterocycles. The summed E-state index contributed by atoms with van der Waals surface area (Å²) in [5.41, 5.74) is 1.87. The molecular weight excluding hydrogens is 308 g/mol. The van der Waals surface area contributed by atoms with E-state index in [-0.39, 0.29) is 5.82 Å². The number of aryl methyl sites for hydroxylation is 1. The Morgan fingerprint density at radius 2 is 2.08 bits per heavy atom. The highest BCUT2D eigenvalue weighted by atomic mass is 16.6. The molecule has 3 rings (SSSR count). The van der Waals surface area contributed by atoms with E-state index in [0.717, 1.165) is 49.6 Å². The van der Waals surface area contributed by atoms with Gasteiger partial charge >= 0.3 is 5.82 Å². The maximum atomic E-state index is 10.6. The van der Waals surface area contributed by atoms with Crippen molar-refractivity contribution >= 4 is 17.3 Å². The molecule has 1 fully saturated rings. The molecule has 8 nitrogen and oxygen atoms in total. The molecule has 0 spiro atoms. The number of anilines is 2. The lowest BCUT2D eigenvalue weighted by Gasteiger charge is -2.33. The zero-order chi connectivity index (χ0) is 16.9. The van der Waals surface area contributed by atoms with Gasteiger partial charge in [0.2, 0.25) is 0 Å². The molecule has 24 heavy (non-hydrogen) atoms. The molecule has 0 amide bonds. The number of nitro groups is 1. The van der Waals surface area contributed by atoms with Gasteiger partial charge in [-0.3, -0.25) is 0 Å². The fourth-order valence-electron chi connectivity index (χ4n) is 2.82. The van der Waals surface area contributed by atoms with Crippen molar-refractivity contribution in [1.29, 1.82) is 0 Å². The third kappa shape index (κ3) is 3.76. The van der Waals surface area contributed by atoms with E-state index in [0.29, 0.717) is 6.04 Å². The molecule has 0 saturated carbocycles. The first-order chi connectivity index (χ1) is 11.7. The van der Waals surface area contributed by atoms with Gasteiger partial charge in [0.15, 0.2) is 6.20 Å². The number of aromatic nitrogens is 3. The molecule has 0 bridgehead atoms. The first kappa shape index (κ1) is 16.1. The highest BCUT2D eigenvalue weighted by Gasteiger charge is 2.21. The largest absolute Gasteiger partial charge is 0.379 e. The first-order valence-electron chi connectivity index (χ1n) is 8.08. The molecule has 0 radical (unpaired) electrons. The predicted octanol–water partition coefficient (Wildman–Crippen LogP) is 2.42. The summed E-state index contributed by atoms with van der Waals surface area (Å²) in [6.45, 7) is 3.91. The number of rotatable bonds is 5. The van der Waals surface area contributed by atoms with Gasteiger partial charge in [-0.05, 0) is 35.2 Å². The Kier molecular flexibility index (Phi) is 4.83. The lowest BCUT2D eigenvalue weighted by molar-refractivity contribution is -0.389.